The number of alkyl halides is 3. The van der Waals surface area contributed by atoms with Gasteiger partial charge in [-0.05, 0) is 30.7 Å². The van der Waals surface area contributed by atoms with Gasteiger partial charge in [0, 0.05) is 12.1 Å². The van der Waals surface area contributed by atoms with Gasteiger partial charge in [-0.2, -0.15) is 13.2 Å². The second-order valence-electron chi connectivity index (χ2n) is 4.75. The van der Waals surface area contributed by atoms with Crippen LogP contribution in [0.3, 0.4) is 0 Å². The summed E-state index contributed by atoms with van der Waals surface area (Å²) in [6, 6.07) is 11.9. The summed E-state index contributed by atoms with van der Waals surface area (Å²) in [6.07, 6.45) is -4.45. The minimum atomic E-state index is -4.45. The molecule has 0 aliphatic rings. The Kier molecular flexibility index (Phi) is 4.31. The summed E-state index contributed by atoms with van der Waals surface area (Å²) in [4.78, 5) is 11.9. The molecule has 0 aromatic heterocycles. The van der Waals surface area contributed by atoms with Crippen LogP contribution in [-0.2, 0) is 12.7 Å². The average molecular weight is 293 g/mol. The average Bonchev–Trinajstić information content (AvgIpc) is 2.44. The number of halogens is 3. The number of rotatable bonds is 3. The summed E-state index contributed by atoms with van der Waals surface area (Å²) >= 11 is 0. The molecule has 2 aromatic carbocycles. The Morgan fingerprint density at radius 1 is 1.10 bits per heavy atom. The van der Waals surface area contributed by atoms with E-state index in [0.717, 1.165) is 23.3 Å². The van der Waals surface area contributed by atoms with Gasteiger partial charge in [-0.25, -0.2) is 0 Å². The number of aryl methyl sites for hydroxylation is 1. The smallest absolute Gasteiger partial charge is 0.348 e. The van der Waals surface area contributed by atoms with E-state index >= 15 is 0 Å². The molecule has 0 saturated heterocycles. The van der Waals surface area contributed by atoms with E-state index in [2.05, 4.69) is 5.32 Å². The normalized spacial score (nSPS) is 11.2. The van der Waals surface area contributed by atoms with E-state index in [0.29, 0.717) is 0 Å². The summed E-state index contributed by atoms with van der Waals surface area (Å²) in [5.74, 6) is -0.525. The van der Waals surface area contributed by atoms with Crippen molar-refractivity contribution in [2.75, 3.05) is 0 Å². The highest BCUT2D eigenvalue weighted by molar-refractivity contribution is 5.94. The highest BCUT2D eigenvalue weighted by Gasteiger charge is 2.30. The maximum absolute atomic E-state index is 12.6. The van der Waals surface area contributed by atoms with E-state index in [9.17, 15) is 18.0 Å². The molecule has 2 aromatic rings. The molecule has 0 bridgehead atoms. The van der Waals surface area contributed by atoms with Crippen LogP contribution < -0.4 is 5.32 Å². The number of nitrogens with one attached hydrogen (secondary N) is 1. The lowest BCUT2D eigenvalue weighted by Crippen LogP contribution is -2.23. The predicted octanol–water partition coefficient (Wildman–Crippen LogP) is 3.94. The molecule has 0 heterocycles. The van der Waals surface area contributed by atoms with Gasteiger partial charge in [0.2, 0.25) is 0 Å². The summed E-state index contributed by atoms with van der Waals surface area (Å²) < 4.78 is 37.8. The molecule has 110 valence electrons. The van der Waals surface area contributed by atoms with E-state index in [-0.39, 0.29) is 12.1 Å². The van der Waals surface area contributed by atoms with Gasteiger partial charge in [-0.15, -0.1) is 0 Å². The van der Waals surface area contributed by atoms with Crippen molar-refractivity contribution in [3.05, 3.63) is 70.8 Å². The maximum atomic E-state index is 12.6. The molecular formula is C16H14F3NO. The van der Waals surface area contributed by atoms with Crippen LogP contribution in [0.1, 0.15) is 27.0 Å². The van der Waals surface area contributed by atoms with Crippen molar-refractivity contribution in [2.24, 2.45) is 0 Å². The van der Waals surface area contributed by atoms with Gasteiger partial charge in [-0.1, -0.05) is 35.9 Å². The second-order valence-corrected chi connectivity index (χ2v) is 4.75. The maximum Gasteiger partial charge on any atom is 0.416 e. The fourth-order valence-electron chi connectivity index (χ4n) is 1.94. The van der Waals surface area contributed by atoms with E-state index in [1.54, 1.807) is 0 Å². The quantitative estimate of drug-likeness (QED) is 0.912. The third-order valence-electron chi connectivity index (χ3n) is 2.99. The molecule has 0 aliphatic carbocycles. The molecule has 2 rings (SSSR count). The Morgan fingerprint density at radius 3 is 2.48 bits per heavy atom. The topological polar surface area (TPSA) is 29.1 Å². The summed E-state index contributed by atoms with van der Waals surface area (Å²) in [6.45, 7) is 2.20. The first kappa shape index (κ1) is 15.1. The molecular weight excluding hydrogens is 279 g/mol. The van der Waals surface area contributed by atoms with Crippen LogP contribution in [0, 0.1) is 6.92 Å². The summed E-state index contributed by atoms with van der Waals surface area (Å²) in [5.41, 5.74) is 1.12. The highest BCUT2D eigenvalue weighted by atomic mass is 19.4. The molecule has 0 fully saturated rings. The van der Waals surface area contributed by atoms with Gasteiger partial charge in [0.05, 0.1) is 5.56 Å². The molecule has 2 nitrogen and oxygen atoms in total. The molecule has 1 N–H and O–H groups in total. The van der Waals surface area contributed by atoms with Crippen LogP contribution in [0.15, 0.2) is 48.5 Å². The number of hydrogen-bond donors (Lipinski definition) is 1. The first-order valence-corrected chi connectivity index (χ1v) is 6.37. The van der Waals surface area contributed by atoms with Gasteiger partial charge in [0.1, 0.15) is 0 Å². The predicted molar refractivity (Wildman–Crippen MR) is 73.8 cm³/mol. The first-order valence-electron chi connectivity index (χ1n) is 6.37. The van der Waals surface area contributed by atoms with Crippen LogP contribution in [0.2, 0.25) is 0 Å². The lowest BCUT2D eigenvalue weighted by atomic mass is 10.1. The van der Waals surface area contributed by atoms with Crippen molar-refractivity contribution >= 4 is 5.91 Å². The number of carbonyl (C=O) groups is 1. The minimum Gasteiger partial charge on any atom is -0.348 e. The van der Waals surface area contributed by atoms with E-state index < -0.39 is 17.6 Å². The fraction of sp³-hybridized carbons (Fsp3) is 0.188. The molecule has 0 saturated carbocycles. The molecule has 1 amide bonds. The zero-order chi connectivity index (χ0) is 15.5. The number of benzene rings is 2. The molecule has 5 heteroatoms. The van der Waals surface area contributed by atoms with Crippen LogP contribution in [0.25, 0.3) is 0 Å². The molecule has 0 atom stereocenters. The second kappa shape index (κ2) is 5.99. The van der Waals surface area contributed by atoms with Crippen molar-refractivity contribution in [3.8, 4) is 0 Å². The highest BCUT2D eigenvalue weighted by Crippen LogP contribution is 2.29. The van der Waals surface area contributed by atoms with Crippen molar-refractivity contribution in [3.63, 3.8) is 0 Å². The first-order chi connectivity index (χ1) is 9.86. The zero-order valence-corrected chi connectivity index (χ0v) is 11.4. The fourth-order valence-corrected chi connectivity index (χ4v) is 1.94. The Morgan fingerprint density at radius 2 is 1.81 bits per heavy atom. The van der Waals surface area contributed by atoms with E-state index in [4.69, 9.17) is 0 Å². The summed E-state index contributed by atoms with van der Waals surface area (Å²) in [7, 11) is 0. The summed E-state index contributed by atoms with van der Waals surface area (Å²) in [5, 5.41) is 2.61. The van der Waals surface area contributed by atoms with Crippen molar-refractivity contribution < 1.29 is 18.0 Å². The SMILES string of the molecule is Cc1cccc(CNC(=O)c2cccc(C(F)(F)F)c2)c1. The number of carbonyl (C=O) groups excluding carboxylic acids is 1. The Labute approximate surface area is 120 Å². The molecule has 21 heavy (non-hydrogen) atoms. The van der Waals surface area contributed by atoms with Crippen molar-refractivity contribution in [1.82, 2.24) is 5.32 Å². The van der Waals surface area contributed by atoms with Crippen LogP contribution in [0.5, 0.6) is 0 Å². The molecule has 0 unspecified atom stereocenters. The molecule has 0 spiro atoms. The third-order valence-corrected chi connectivity index (χ3v) is 2.99. The lowest BCUT2D eigenvalue weighted by Gasteiger charge is -2.09. The van der Waals surface area contributed by atoms with Gasteiger partial charge in [-0.3, -0.25) is 4.79 Å². The standard InChI is InChI=1S/C16H14F3NO/c1-11-4-2-5-12(8-11)10-20-15(21)13-6-3-7-14(9-13)16(17,18)19/h2-9H,10H2,1H3,(H,20,21). The number of hydrogen-bond acceptors (Lipinski definition) is 1. The third kappa shape index (κ3) is 4.08. The van der Waals surface area contributed by atoms with E-state index in [1.165, 1.54) is 12.1 Å². The van der Waals surface area contributed by atoms with Crippen LogP contribution in [-0.4, -0.2) is 5.91 Å². The molecule has 0 aliphatic heterocycles. The molecule has 0 radical (unpaired) electrons. The van der Waals surface area contributed by atoms with Gasteiger partial charge < -0.3 is 5.32 Å². The van der Waals surface area contributed by atoms with Gasteiger partial charge >= 0.3 is 6.18 Å². The van der Waals surface area contributed by atoms with Crippen molar-refractivity contribution in [2.45, 2.75) is 19.6 Å². The monoisotopic (exact) mass is 293 g/mol. The number of amides is 1. The largest absolute Gasteiger partial charge is 0.416 e. The Hall–Kier alpha value is -2.30. The van der Waals surface area contributed by atoms with Crippen LogP contribution in [0.4, 0.5) is 13.2 Å². The van der Waals surface area contributed by atoms with Gasteiger partial charge in [0.15, 0.2) is 0 Å². The van der Waals surface area contributed by atoms with Gasteiger partial charge in [0.25, 0.3) is 5.91 Å². The Balaban J connectivity index is 2.07. The minimum absolute atomic E-state index is 0.00234. The van der Waals surface area contributed by atoms with E-state index in [1.807, 2.05) is 31.2 Å². The Bertz CT molecular complexity index is 650. The zero-order valence-electron chi connectivity index (χ0n) is 11.4. The van der Waals surface area contributed by atoms with Crippen molar-refractivity contribution in [1.29, 1.82) is 0 Å². The van der Waals surface area contributed by atoms with Crippen LogP contribution >= 0.6 is 0 Å². The lowest BCUT2D eigenvalue weighted by molar-refractivity contribution is -0.137.